The minimum atomic E-state index is 0.622. The molecule has 14 aromatic rings. The van der Waals surface area contributed by atoms with Crippen LogP contribution in [-0.2, 0) is 0 Å². The number of aromatic nitrogens is 4. The number of oxazole rings is 2. The van der Waals surface area contributed by atoms with Gasteiger partial charge in [-0.3, -0.25) is 0 Å². The van der Waals surface area contributed by atoms with Crippen molar-refractivity contribution in [1.82, 2.24) is 19.1 Å². The van der Waals surface area contributed by atoms with E-state index >= 15 is 0 Å². The van der Waals surface area contributed by atoms with Crippen LogP contribution >= 0.6 is 0 Å². The van der Waals surface area contributed by atoms with Crippen LogP contribution in [0.3, 0.4) is 0 Å². The van der Waals surface area contributed by atoms with Gasteiger partial charge in [-0.05, 0) is 130 Å². The molecule has 0 bridgehead atoms. The molecule has 4 heterocycles. The van der Waals surface area contributed by atoms with Crippen molar-refractivity contribution in [2.75, 3.05) is 0 Å². The zero-order valence-corrected chi connectivity index (χ0v) is 34.2. The van der Waals surface area contributed by atoms with E-state index in [9.17, 15) is 0 Å². The first-order chi connectivity index (χ1) is 31.7. The Morgan fingerprint density at radius 1 is 0.312 bits per heavy atom. The van der Waals surface area contributed by atoms with Crippen molar-refractivity contribution in [2.45, 2.75) is 0 Å². The van der Waals surface area contributed by atoms with Gasteiger partial charge < -0.3 is 18.0 Å². The third-order valence-electron chi connectivity index (χ3n) is 13.0. The van der Waals surface area contributed by atoms with Crippen LogP contribution in [0, 0.1) is 0 Å². The van der Waals surface area contributed by atoms with Gasteiger partial charge in [0.15, 0.2) is 11.2 Å². The van der Waals surface area contributed by atoms with Crippen LogP contribution in [0.4, 0.5) is 0 Å². The Hall–Kier alpha value is -8.74. The molecule has 0 spiro atoms. The highest BCUT2D eigenvalue weighted by Gasteiger charge is 2.20. The number of fused-ring (bicyclic) bond motifs is 12. The summed E-state index contributed by atoms with van der Waals surface area (Å²) in [6, 6.07) is 73.0. The van der Waals surface area contributed by atoms with E-state index in [1.54, 1.807) is 0 Å². The molecule has 0 aliphatic heterocycles. The molecule has 6 nitrogen and oxygen atoms in total. The smallest absolute Gasteiger partial charge is 0.227 e. The van der Waals surface area contributed by atoms with Crippen LogP contribution < -0.4 is 0 Å². The lowest BCUT2D eigenvalue weighted by Gasteiger charge is -2.12. The van der Waals surface area contributed by atoms with Gasteiger partial charge in [-0.15, -0.1) is 0 Å². The molecule has 0 saturated carbocycles. The Kier molecular flexibility index (Phi) is 7.30. The summed E-state index contributed by atoms with van der Waals surface area (Å²) >= 11 is 0. The number of hydrogen-bond donors (Lipinski definition) is 0. The first kappa shape index (κ1) is 34.9. The highest BCUT2D eigenvalue weighted by atomic mass is 16.4. The Bertz CT molecular complexity index is 3850. The first-order valence-electron chi connectivity index (χ1n) is 21.6. The normalized spacial score (nSPS) is 12.1. The van der Waals surface area contributed by atoms with Gasteiger partial charge in [0.25, 0.3) is 0 Å². The number of benzene rings is 10. The monoisotopic (exact) mass is 818 g/mol. The van der Waals surface area contributed by atoms with Crippen LogP contribution in [0.1, 0.15) is 0 Å². The van der Waals surface area contributed by atoms with E-state index in [4.69, 9.17) is 18.8 Å². The number of rotatable bonds is 5. The molecule has 4 aromatic heterocycles. The molecule has 0 amide bonds. The van der Waals surface area contributed by atoms with E-state index in [0.29, 0.717) is 11.8 Å². The molecule has 14 rings (SSSR count). The van der Waals surface area contributed by atoms with Gasteiger partial charge in [0, 0.05) is 44.0 Å². The van der Waals surface area contributed by atoms with Gasteiger partial charge >= 0.3 is 0 Å². The van der Waals surface area contributed by atoms with E-state index in [-0.39, 0.29) is 0 Å². The molecule has 0 radical (unpaired) electrons. The Balaban J connectivity index is 0.861. The van der Waals surface area contributed by atoms with Crippen molar-refractivity contribution in [2.24, 2.45) is 0 Å². The fraction of sp³-hybridized carbons (Fsp3) is 0. The predicted octanol–water partition coefficient (Wildman–Crippen LogP) is 15.5. The second-order valence-electron chi connectivity index (χ2n) is 16.6. The molecule has 0 unspecified atom stereocenters. The Labute approximate surface area is 365 Å². The average molecular weight is 819 g/mol. The second kappa shape index (κ2) is 13.4. The van der Waals surface area contributed by atoms with Gasteiger partial charge in [0.1, 0.15) is 11.0 Å². The SMILES string of the molecule is c1ccc2c(c1)ccc1c2c2cc(-c3nc4ccccc4o3)ccc2n1-c1ccc(-c2ccc(-n3c4ccc(-c5nc6ccccc6o5)cc4c4c5ccccc5ccc43)cc2)cc1. The lowest BCUT2D eigenvalue weighted by atomic mass is 10.0. The summed E-state index contributed by atoms with van der Waals surface area (Å²) in [5.41, 5.74) is 14.2. The molecule has 0 fully saturated rings. The largest absolute Gasteiger partial charge is 0.436 e. The maximum absolute atomic E-state index is 6.23. The molecule has 0 aliphatic carbocycles. The molecule has 64 heavy (non-hydrogen) atoms. The van der Waals surface area contributed by atoms with Crippen molar-refractivity contribution >= 4 is 87.4 Å². The fourth-order valence-electron chi connectivity index (χ4n) is 10.0. The summed E-state index contributed by atoms with van der Waals surface area (Å²) in [6.07, 6.45) is 0. The topological polar surface area (TPSA) is 61.9 Å². The highest BCUT2D eigenvalue weighted by molar-refractivity contribution is 6.23. The first-order valence-corrected chi connectivity index (χ1v) is 21.6. The summed E-state index contributed by atoms with van der Waals surface area (Å²) < 4.78 is 17.2. The summed E-state index contributed by atoms with van der Waals surface area (Å²) in [6.45, 7) is 0. The van der Waals surface area contributed by atoms with Crippen LogP contribution in [0.15, 0.2) is 215 Å². The Morgan fingerprint density at radius 3 is 1.16 bits per heavy atom. The summed E-state index contributed by atoms with van der Waals surface area (Å²) in [7, 11) is 0. The van der Waals surface area contributed by atoms with Gasteiger partial charge in [-0.2, -0.15) is 0 Å². The van der Waals surface area contributed by atoms with E-state index in [2.05, 4.69) is 167 Å². The quantitative estimate of drug-likeness (QED) is 0.174. The molecular formula is C58H34N4O2. The molecule has 0 N–H and O–H groups in total. The highest BCUT2D eigenvalue weighted by Crippen LogP contribution is 2.41. The summed E-state index contributed by atoms with van der Waals surface area (Å²) in [5, 5.41) is 9.60. The number of para-hydroxylation sites is 4. The fourth-order valence-corrected chi connectivity index (χ4v) is 10.0. The molecule has 6 heteroatoms. The molecule has 0 saturated heterocycles. The van der Waals surface area contributed by atoms with Crippen molar-refractivity contribution in [1.29, 1.82) is 0 Å². The molecular weight excluding hydrogens is 785 g/mol. The van der Waals surface area contributed by atoms with Crippen molar-refractivity contribution in [3.63, 3.8) is 0 Å². The minimum Gasteiger partial charge on any atom is -0.436 e. The third-order valence-corrected chi connectivity index (χ3v) is 13.0. The van der Waals surface area contributed by atoms with Crippen LogP contribution in [0.5, 0.6) is 0 Å². The van der Waals surface area contributed by atoms with Gasteiger partial charge in [-0.25, -0.2) is 9.97 Å². The maximum Gasteiger partial charge on any atom is 0.227 e. The Morgan fingerprint density at radius 2 is 0.703 bits per heavy atom. The van der Waals surface area contributed by atoms with Gasteiger partial charge in [0.05, 0.1) is 22.1 Å². The van der Waals surface area contributed by atoms with Crippen LogP contribution in [0.25, 0.3) is 133 Å². The second-order valence-corrected chi connectivity index (χ2v) is 16.6. The van der Waals surface area contributed by atoms with Gasteiger partial charge in [0.2, 0.25) is 11.8 Å². The third kappa shape index (κ3) is 5.20. The zero-order chi connectivity index (χ0) is 41.9. The molecule has 0 atom stereocenters. The van der Waals surface area contributed by atoms with Gasteiger partial charge in [-0.1, -0.05) is 109 Å². The van der Waals surface area contributed by atoms with E-state index in [0.717, 1.165) is 88.7 Å². The lowest BCUT2D eigenvalue weighted by Crippen LogP contribution is -1.95. The summed E-state index contributed by atoms with van der Waals surface area (Å²) in [5.74, 6) is 1.24. The maximum atomic E-state index is 6.23. The van der Waals surface area contributed by atoms with Crippen molar-refractivity contribution < 1.29 is 8.83 Å². The zero-order valence-electron chi connectivity index (χ0n) is 34.2. The number of nitrogens with zero attached hydrogens (tertiary/aromatic N) is 4. The van der Waals surface area contributed by atoms with Crippen LogP contribution in [0.2, 0.25) is 0 Å². The van der Waals surface area contributed by atoms with E-state index in [1.165, 1.54) is 32.3 Å². The summed E-state index contributed by atoms with van der Waals surface area (Å²) in [4.78, 5) is 9.67. The van der Waals surface area contributed by atoms with E-state index in [1.807, 2.05) is 48.5 Å². The average Bonchev–Trinajstić information content (AvgIpc) is 4.15. The van der Waals surface area contributed by atoms with Crippen molar-refractivity contribution in [3.8, 4) is 45.4 Å². The molecule has 298 valence electrons. The molecule has 0 aliphatic rings. The number of hydrogen-bond acceptors (Lipinski definition) is 4. The van der Waals surface area contributed by atoms with E-state index < -0.39 is 0 Å². The predicted molar refractivity (Wildman–Crippen MR) is 262 cm³/mol. The minimum absolute atomic E-state index is 0.622. The van der Waals surface area contributed by atoms with Crippen LogP contribution in [-0.4, -0.2) is 19.1 Å². The standard InChI is InChI=1S/C58H34N4O2/c1-3-11-43-37(9-1)21-31-51-55(43)45-33-39(57-59-47-13-5-7-15-53(47)63-57)23-29-49(45)61(51)41-25-17-35(18-26-41)36-19-27-42(28-20-36)62-50-30-24-40(58-60-48-14-6-8-16-54(48)64-58)34-46(50)56-44-12-4-2-10-38(44)22-32-52(56)62/h1-34H. The van der Waals surface area contributed by atoms with Crippen molar-refractivity contribution in [3.05, 3.63) is 206 Å². The molecule has 10 aromatic carbocycles. The lowest BCUT2D eigenvalue weighted by molar-refractivity contribution is 0.619.